The Balaban J connectivity index is 1.07. The summed E-state index contributed by atoms with van der Waals surface area (Å²) >= 11 is 0. The summed E-state index contributed by atoms with van der Waals surface area (Å²) in [6.45, 7) is 10.4. The van der Waals surface area contributed by atoms with Crippen molar-refractivity contribution in [3.05, 3.63) is 91.0 Å². The molecule has 4 rings (SSSR count). The van der Waals surface area contributed by atoms with E-state index in [0.717, 1.165) is 74.7 Å². The van der Waals surface area contributed by atoms with Gasteiger partial charge in [0, 0.05) is 12.0 Å². The highest BCUT2D eigenvalue weighted by Crippen LogP contribution is 2.31. The van der Waals surface area contributed by atoms with Gasteiger partial charge in [-0.05, 0) is 78.9 Å². The fourth-order valence-corrected chi connectivity index (χ4v) is 4.74. The zero-order valence-corrected chi connectivity index (χ0v) is 24.9. The first-order valence-corrected chi connectivity index (χ1v) is 15.2. The smallest absolute Gasteiger partial charge is 0.343 e. The van der Waals surface area contributed by atoms with Crippen molar-refractivity contribution in [1.29, 1.82) is 0 Å². The van der Waals surface area contributed by atoms with Crippen LogP contribution in [0.3, 0.4) is 0 Å². The molecule has 0 N–H and O–H groups in total. The Kier molecular flexibility index (Phi) is 12.5. The fourth-order valence-electron chi connectivity index (χ4n) is 4.74. The lowest BCUT2D eigenvalue weighted by atomic mass is 9.84. The van der Waals surface area contributed by atoms with Crippen LogP contribution < -0.4 is 14.2 Å². The molecular formula is C36H44O6. The van der Waals surface area contributed by atoms with Crippen molar-refractivity contribution in [2.75, 3.05) is 39.6 Å². The number of esters is 1. The molecule has 0 aromatic heterocycles. The van der Waals surface area contributed by atoms with Crippen LogP contribution in [0, 0.1) is 5.41 Å². The van der Waals surface area contributed by atoms with Crippen molar-refractivity contribution in [3.8, 4) is 28.4 Å². The minimum atomic E-state index is -0.398. The number of hydrogen-bond acceptors (Lipinski definition) is 6. The Labute approximate surface area is 250 Å². The summed E-state index contributed by atoms with van der Waals surface area (Å²) in [5, 5.41) is 0. The van der Waals surface area contributed by atoms with E-state index in [2.05, 4.69) is 13.5 Å². The summed E-state index contributed by atoms with van der Waals surface area (Å²) in [6.07, 6.45) is 9.78. The van der Waals surface area contributed by atoms with E-state index in [0.29, 0.717) is 24.5 Å². The average Bonchev–Trinajstić information content (AvgIpc) is 3.01. The van der Waals surface area contributed by atoms with Gasteiger partial charge < -0.3 is 23.7 Å². The second-order valence-corrected chi connectivity index (χ2v) is 10.9. The van der Waals surface area contributed by atoms with E-state index < -0.39 is 5.97 Å². The minimum Gasteiger partial charge on any atom is -0.494 e. The molecule has 0 atom stereocenters. The molecular weight excluding hydrogens is 528 g/mol. The normalized spacial score (nSPS) is 13.6. The SMILES string of the molecule is C=CCOc1ccc(-c2ccc(OC(=O)c3ccc(OCCCCCCCCOCC4(CC)COC4)cc3)cc2)cc1. The molecule has 6 nitrogen and oxygen atoms in total. The number of unbranched alkanes of at least 4 members (excludes halogenated alkanes) is 5. The summed E-state index contributed by atoms with van der Waals surface area (Å²) in [4.78, 5) is 12.6. The third-order valence-electron chi connectivity index (χ3n) is 7.64. The lowest BCUT2D eigenvalue weighted by molar-refractivity contribution is -0.150. The summed E-state index contributed by atoms with van der Waals surface area (Å²) in [7, 11) is 0. The fraction of sp³-hybridized carbons (Fsp3) is 0.417. The number of carbonyl (C=O) groups is 1. The molecule has 0 radical (unpaired) electrons. The zero-order valence-electron chi connectivity index (χ0n) is 24.9. The molecule has 1 aliphatic rings. The van der Waals surface area contributed by atoms with Gasteiger partial charge in [0.15, 0.2) is 0 Å². The molecule has 1 heterocycles. The first-order chi connectivity index (χ1) is 20.6. The van der Waals surface area contributed by atoms with E-state index >= 15 is 0 Å². The molecule has 1 aliphatic heterocycles. The Hall–Kier alpha value is -3.61. The maximum atomic E-state index is 12.6. The molecule has 1 saturated heterocycles. The van der Waals surface area contributed by atoms with E-state index in [9.17, 15) is 4.79 Å². The minimum absolute atomic E-state index is 0.285. The van der Waals surface area contributed by atoms with E-state index in [-0.39, 0.29) is 5.41 Å². The van der Waals surface area contributed by atoms with Crippen LogP contribution >= 0.6 is 0 Å². The highest BCUT2D eigenvalue weighted by Gasteiger charge is 2.36. The van der Waals surface area contributed by atoms with Crippen molar-refractivity contribution in [3.63, 3.8) is 0 Å². The molecule has 0 aliphatic carbocycles. The van der Waals surface area contributed by atoms with Gasteiger partial charge in [-0.1, -0.05) is 69.5 Å². The van der Waals surface area contributed by atoms with Crippen molar-refractivity contribution in [2.24, 2.45) is 5.41 Å². The first-order valence-electron chi connectivity index (χ1n) is 15.2. The van der Waals surface area contributed by atoms with Crippen LogP contribution in [0.5, 0.6) is 17.2 Å². The number of hydrogen-bond donors (Lipinski definition) is 0. The van der Waals surface area contributed by atoms with Crippen LogP contribution in [-0.4, -0.2) is 45.6 Å². The lowest BCUT2D eigenvalue weighted by Crippen LogP contribution is -2.45. The second-order valence-electron chi connectivity index (χ2n) is 10.9. The number of rotatable bonds is 19. The molecule has 224 valence electrons. The van der Waals surface area contributed by atoms with Gasteiger partial charge in [-0.3, -0.25) is 0 Å². The maximum Gasteiger partial charge on any atom is 0.343 e. The van der Waals surface area contributed by atoms with Gasteiger partial charge in [0.1, 0.15) is 23.9 Å². The lowest BCUT2D eigenvalue weighted by Gasteiger charge is -2.40. The molecule has 6 heteroatoms. The predicted molar refractivity (Wildman–Crippen MR) is 167 cm³/mol. The summed E-state index contributed by atoms with van der Waals surface area (Å²) < 4.78 is 28.2. The third-order valence-corrected chi connectivity index (χ3v) is 7.64. The van der Waals surface area contributed by atoms with Crippen molar-refractivity contribution >= 4 is 5.97 Å². The molecule has 1 fully saturated rings. The Morgan fingerprint density at radius 3 is 1.88 bits per heavy atom. The topological polar surface area (TPSA) is 63.2 Å². The highest BCUT2D eigenvalue weighted by molar-refractivity contribution is 5.91. The molecule has 0 bridgehead atoms. The third kappa shape index (κ3) is 9.74. The van der Waals surface area contributed by atoms with E-state index in [1.807, 2.05) is 48.5 Å². The van der Waals surface area contributed by atoms with E-state index in [4.69, 9.17) is 23.7 Å². The quantitative estimate of drug-likeness (QED) is 0.0623. The van der Waals surface area contributed by atoms with Gasteiger partial charge >= 0.3 is 5.97 Å². The van der Waals surface area contributed by atoms with E-state index in [1.165, 1.54) is 19.3 Å². The monoisotopic (exact) mass is 572 g/mol. The Bertz CT molecular complexity index is 1210. The summed E-state index contributed by atoms with van der Waals surface area (Å²) in [5.74, 6) is 1.65. The van der Waals surface area contributed by atoms with Gasteiger partial charge in [0.05, 0.1) is 32.0 Å². The predicted octanol–water partition coefficient (Wildman–Crippen LogP) is 8.30. The molecule has 3 aromatic carbocycles. The highest BCUT2D eigenvalue weighted by atomic mass is 16.5. The van der Waals surface area contributed by atoms with E-state index in [1.54, 1.807) is 30.3 Å². The summed E-state index contributed by atoms with van der Waals surface area (Å²) in [6, 6.07) is 22.4. The van der Waals surface area contributed by atoms with Crippen molar-refractivity contribution in [1.82, 2.24) is 0 Å². The van der Waals surface area contributed by atoms with Gasteiger partial charge in [-0.25, -0.2) is 4.79 Å². The maximum absolute atomic E-state index is 12.6. The summed E-state index contributed by atoms with van der Waals surface area (Å²) in [5.41, 5.74) is 2.84. The second kappa shape index (κ2) is 16.7. The van der Waals surface area contributed by atoms with Crippen LogP contribution in [0.15, 0.2) is 85.5 Å². The molecule has 0 amide bonds. The number of benzene rings is 3. The van der Waals surface area contributed by atoms with Crippen molar-refractivity contribution in [2.45, 2.75) is 51.9 Å². The van der Waals surface area contributed by atoms with Crippen molar-refractivity contribution < 1.29 is 28.5 Å². The zero-order chi connectivity index (χ0) is 29.5. The number of ether oxygens (including phenoxy) is 5. The first kappa shape index (κ1) is 31.3. The number of carbonyl (C=O) groups excluding carboxylic acids is 1. The largest absolute Gasteiger partial charge is 0.494 e. The molecule has 42 heavy (non-hydrogen) atoms. The Morgan fingerprint density at radius 1 is 0.762 bits per heavy atom. The van der Waals surface area contributed by atoms with Crippen LogP contribution in [0.4, 0.5) is 0 Å². The molecule has 3 aromatic rings. The standard InChI is InChI=1S/C36H44O6/c1-3-23-40-32-17-11-29(12-18-32)30-13-21-34(22-14-30)42-35(37)31-15-19-33(20-16-31)41-25-10-8-6-5-7-9-24-38-26-36(4-2)27-39-28-36/h3,11-22H,1,4-10,23-28H2,2H3. The van der Waals surface area contributed by atoms with Gasteiger partial charge in [-0.15, -0.1) is 0 Å². The van der Waals surface area contributed by atoms with Crippen LogP contribution in [-0.2, 0) is 9.47 Å². The average molecular weight is 573 g/mol. The van der Waals surface area contributed by atoms with Crippen LogP contribution in [0.25, 0.3) is 11.1 Å². The van der Waals surface area contributed by atoms with Gasteiger partial charge in [0.25, 0.3) is 0 Å². The molecule has 0 unspecified atom stereocenters. The van der Waals surface area contributed by atoms with Crippen LogP contribution in [0.1, 0.15) is 62.2 Å². The molecule has 0 spiro atoms. The van der Waals surface area contributed by atoms with Gasteiger partial charge in [-0.2, -0.15) is 0 Å². The van der Waals surface area contributed by atoms with Gasteiger partial charge in [0.2, 0.25) is 0 Å². The molecule has 0 saturated carbocycles. The van der Waals surface area contributed by atoms with Crippen LogP contribution in [0.2, 0.25) is 0 Å². The Morgan fingerprint density at radius 2 is 1.31 bits per heavy atom.